The van der Waals surface area contributed by atoms with Crippen molar-refractivity contribution in [3.8, 4) is 11.1 Å². The largest absolute Gasteiger partial charge is 0.395 e. The number of thiophene rings is 1. The van der Waals surface area contributed by atoms with Gasteiger partial charge < -0.3 is 15.1 Å². The summed E-state index contributed by atoms with van der Waals surface area (Å²) >= 11 is 1.56. The van der Waals surface area contributed by atoms with Crippen molar-refractivity contribution >= 4 is 27.4 Å². The van der Waals surface area contributed by atoms with Crippen LogP contribution < -0.4 is 4.90 Å². The van der Waals surface area contributed by atoms with Gasteiger partial charge in [0.15, 0.2) is 0 Å². The SMILES string of the molecule is Cc1nc(N(CCO)CCO)c2c(-c3ccc(F)cc3)c(C)sc2n1. The zero-order chi connectivity index (χ0) is 18.0. The molecular weight excluding hydrogens is 341 g/mol. The molecule has 0 amide bonds. The maximum absolute atomic E-state index is 13.3. The van der Waals surface area contributed by atoms with Crippen LogP contribution in [0.2, 0.25) is 0 Å². The van der Waals surface area contributed by atoms with Crippen LogP contribution in [0.3, 0.4) is 0 Å². The van der Waals surface area contributed by atoms with Crippen molar-refractivity contribution in [1.82, 2.24) is 9.97 Å². The third kappa shape index (κ3) is 3.49. The lowest BCUT2D eigenvalue weighted by Crippen LogP contribution is -2.30. The number of hydrogen-bond acceptors (Lipinski definition) is 6. The lowest BCUT2D eigenvalue weighted by molar-refractivity contribution is 0.281. The zero-order valence-corrected chi connectivity index (χ0v) is 15.0. The maximum Gasteiger partial charge on any atom is 0.141 e. The lowest BCUT2D eigenvalue weighted by atomic mass is 10.0. The summed E-state index contributed by atoms with van der Waals surface area (Å²) in [7, 11) is 0. The van der Waals surface area contributed by atoms with Gasteiger partial charge in [-0.25, -0.2) is 14.4 Å². The van der Waals surface area contributed by atoms with Crippen LogP contribution in [0, 0.1) is 19.7 Å². The Morgan fingerprint density at radius 3 is 2.28 bits per heavy atom. The Labute approximate surface area is 149 Å². The average Bonchev–Trinajstić information content (AvgIpc) is 2.90. The van der Waals surface area contributed by atoms with Gasteiger partial charge in [-0.1, -0.05) is 12.1 Å². The first-order valence-electron chi connectivity index (χ1n) is 8.05. The molecule has 0 saturated heterocycles. The van der Waals surface area contributed by atoms with E-state index < -0.39 is 0 Å². The Hall–Kier alpha value is -2.09. The number of nitrogens with zero attached hydrogens (tertiary/aromatic N) is 3. The summed E-state index contributed by atoms with van der Waals surface area (Å²) in [5, 5.41) is 19.6. The molecule has 0 aliphatic heterocycles. The number of halogens is 1. The average molecular weight is 361 g/mol. The van der Waals surface area contributed by atoms with E-state index in [9.17, 15) is 14.6 Å². The summed E-state index contributed by atoms with van der Waals surface area (Å²) in [6, 6.07) is 6.37. The van der Waals surface area contributed by atoms with E-state index in [-0.39, 0.29) is 19.0 Å². The summed E-state index contributed by atoms with van der Waals surface area (Å²) in [4.78, 5) is 12.9. The summed E-state index contributed by atoms with van der Waals surface area (Å²) in [6.45, 7) is 4.48. The van der Waals surface area contributed by atoms with Crippen LogP contribution in [0.4, 0.5) is 10.2 Å². The van der Waals surface area contributed by atoms with Crippen molar-refractivity contribution < 1.29 is 14.6 Å². The number of anilines is 1. The van der Waals surface area contributed by atoms with Gasteiger partial charge in [0.2, 0.25) is 0 Å². The molecule has 0 unspecified atom stereocenters. The van der Waals surface area contributed by atoms with Crippen molar-refractivity contribution in [3.63, 3.8) is 0 Å². The Balaban J connectivity index is 2.27. The normalized spacial score (nSPS) is 11.2. The van der Waals surface area contributed by atoms with Crippen LogP contribution in [0.5, 0.6) is 0 Å². The first-order valence-corrected chi connectivity index (χ1v) is 8.87. The minimum Gasteiger partial charge on any atom is -0.395 e. The molecule has 0 fully saturated rings. The molecule has 0 saturated carbocycles. The molecule has 2 aromatic heterocycles. The second-order valence-electron chi connectivity index (χ2n) is 5.75. The van der Waals surface area contributed by atoms with Crippen molar-refractivity contribution in [3.05, 3.63) is 40.8 Å². The van der Waals surface area contributed by atoms with E-state index >= 15 is 0 Å². The van der Waals surface area contributed by atoms with Crippen LogP contribution in [-0.2, 0) is 0 Å². The van der Waals surface area contributed by atoms with E-state index in [2.05, 4.69) is 9.97 Å². The molecule has 5 nitrogen and oxygen atoms in total. The molecule has 7 heteroatoms. The Bertz CT molecular complexity index is 874. The standard InChI is InChI=1S/C18H20FN3O2S/c1-11-15(13-3-5-14(19)6-4-13)16-17(22(7-9-23)8-10-24)20-12(2)21-18(16)25-11/h3-6,23-24H,7-10H2,1-2H3. The Morgan fingerprint density at radius 1 is 1.04 bits per heavy atom. The fourth-order valence-corrected chi connectivity index (χ4v) is 4.04. The van der Waals surface area contributed by atoms with Gasteiger partial charge in [0, 0.05) is 23.5 Å². The van der Waals surface area contributed by atoms with E-state index in [0.29, 0.717) is 24.7 Å². The van der Waals surface area contributed by atoms with Gasteiger partial charge in [-0.3, -0.25) is 0 Å². The predicted molar refractivity (Wildman–Crippen MR) is 98.7 cm³/mol. The Morgan fingerprint density at radius 2 is 1.68 bits per heavy atom. The van der Waals surface area contributed by atoms with Gasteiger partial charge in [-0.05, 0) is 31.5 Å². The second-order valence-corrected chi connectivity index (χ2v) is 6.95. The zero-order valence-electron chi connectivity index (χ0n) is 14.2. The summed E-state index contributed by atoms with van der Waals surface area (Å²) in [5.41, 5.74) is 1.86. The fraction of sp³-hybridized carbons (Fsp3) is 0.333. The van der Waals surface area contributed by atoms with Gasteiger partial charge >= 0.3 is 0 Å². The summed E-state index contributed by atoms with van der Waals surface area (Å²) in [5.74, 6) is 1.04. The number of fused-ring (bicyclic) bond motifs is 1. The van der Waals surface area contributed by atoms with Crippen molar-refractivity contribution in [2.45, 2.75) is 13.8 Å². The van der Waals surface area contributed by atoms with E-state index in [1.165, 1.54) is 12.1 Å². The number of rotatable bonds is 6. The minimum atomic E-state index is -0.282. The summed E-state index contributed by atoms with van der Waals surface area (Å²) < 4.78 is 13.3. The highest BCUT2D eigenvalue weighted by atomic mass is 32.1. The number of aromatic nitrogens is 2. The van der Waals surface area contributed by atoms with Crippen LogP contribution in [0.15, 0.2) is 24.3 Å². The highest BCUT2D eigenvalue weighted by molar-refractivity contribution is 7.19. The van der Waals surface area contributed by atoms with E-state index in [1.807, 2.05) is 18.7 Å². The molecule has 0 atom stereocenters. The lowest BCUT2D eigenvalue weighted by Gasteiger charge is -2.23. The second kappa shape index (κ2) is 7.43. The highest BCUT2D eigenvalue weighted by Crippen LogP contribution is 2.41. The van der Waals surface area contributed by atoms with Crippen LogP contribution in [0.25, 0.3) is 21.3 Å². The molecule has 3 rings (SSSR count). The van der Waals surface area contributed by atoms with E-state index in [1.54, 1.807) is 23.5 Å². The first-order chi connectivity index (χ1) is 12.0. The quantitative estimate of drug-likeness (QED) is 0.706. The summed E-state index contributed by atoms with van der Waals surface area (Å²) in [6.07, 6.45) is 0. The third-order valence-electron chi connectivity index (χ3n) is 3.99. The van der Waals surface area contributed by atoms with Crippen molar-refractivity contribution in [2.24, 2.45) is 0 Å². The molecule has 1 aromatic carbocycles. The van der Waals surface area contributed by atoms with Gasteiger partial charge in [-0.2, -0.15) is 0 Å². The van der Waals surface area contributed by atoms with Gasteiger partial charge in [0.25, 0.3) is 0 Å². The molecule has 2 heterocycles. The van der Waals surface area contributed by atoms with E-state index in [0.717, 1.165) is 26.2 Å². The molecule has 2 N–H and O–H groups in total. The first kappa shape index (κ1) is 17.7. The molecule has 0 aliphatic carbocycles. The molecule has 0 bridgehead atoms. The highest BCUT2D eigenvalue weighted by Gasteiger charge is 2.21. The number of benzene rings is 1. The molecular formula is C18H20FN3O2S. The predicted octanol–water partition coefficient (Wildman–Crippen LogP) is 2.91. The topological polar surface area (TPSA) is 69.5 Å². The minimum absolute atomic E-state index is 0.0421. The molecule has 0 spiro atoms. The number of aliphatic hydroxyl groups excluding tert-OH is 2. The van der Waals surface area contributed by atoms with Gasteiger partial charge in [-0.15, -0.1) is 11.3 Å². The van der Waals surface area contributed by atoms with Crippen LogP contribution in [0.1, 0.15) is 10.7 Å². The Kier molecular flexibility index (Phi) is 5.27. The fourth-order valence-electron chi connectivity index (χ4n) is 2.96. The molecule has 25 heavy (non-hydrogen) atoms. The van der Waals surface area contributed by atoms with Crippen LogP contribution >= 0.6 is 11.3 Å². The number of aryl methyl sites for hydroxylation is 2. The monoisotopic (exact) mass is 361 g/mol. The molecule has 0 aliphatic rings. The smallest absolute Gasteiger partial charge is 0.141 e. The van der Waals surface area contributed by atoms with Crippen molar-refractivity contribution in [1.29, 1.82) is 0 Å². The van der Waals surface area contributed by atoms with Gasteiger partial charge in [0.1, 0.15) is 22.3 Å². The molecule has 0 radical (unpaired) electrons. The van der Waals surface area contributed by atoms with Gasteiger partial charge in [0.05, 0.1) is 18.6 Å². The maximum atomic E-state index is 13.3. The van der Waals surface area contributed by atoms with Crippen LogP contribution in [-0.4, -0.2) is 46.5 Å². The number of aliphatic hydroxyl groups is 2. The molecule has 3 aromatic rings. The van der Waals surface area contributed by atoms with E-state index in [4.69, 9.17) is 0 Å². The molecule has 132 valence electrons. The van der Waals surface area contributed by atoms with Crippen molar-refractivity contribution in [2.75, 3.05) is 31.2 Å². The number of hydrogen-bond donors (Lipinski definition) is 2. The third-order valence-corrected chi connectivity index (χ3v) is 4.99.